The summed E-state index contributed by atoms with van der Waals surface area (Å²) in [6.07, 6.45) is -0.591. The average molecular weight is 344 g/mol. The Hall–Kier alpha value is -2.37. The van der Waals surface area contributed by atoms with Crippen LogP contribution in [0, 0.1) is 6.92 Å². The highest BCUT2D eigenvalue weighted by Crippen LogP contribution is 2.24. The minimum Gasteiger partial charge on any atom is -0.390 e. The highest BCUT2D eigenvalue weighted by molar-refractivity contribution is 6.18. The number of nitrogens with one attached hydrogen (secondary N) is 1. The van der Waals surface area contributed by atoms with Crippen molar-refractivity contribution in [3.8, 4) is 22.8 Å². The molecule has 0 aliphatic heterocycles. The van der Waals surface area contributed by atoms with Crippen LogP contribution in [0.2, 0.25) is 0 Å². The Kier molecular flexibility index (Phi) is 5.13. The second-order valence-electron chi connectivity index (χ2n) is 5.56. The number of aliphatic hydroxyl groups excluding tert-OH is 1. The van der Waals surface area contributed by atoms with Gasteiger partial charge in [-0.2, -0.15) is 4.98 Å². The van der Waals surface area contributed by atoms with Crippen molar-refractivity contribution in [2.45, 2.75) is 13.0 Å². The number of aliphatic hydroxyl groups is 1. The van der Waals surface area contributed by atoms with E-state index >= 15 is 0 Å². The number of halogens is 1. The fraction of sp³-hybridized carbons (Fsp3) is 0.222. The Morgan fingerprint density at radius 3 is 2.75 bits per heavy atom. The third-order valence-electron chi connectivity index (χ3n) is 3.53. The van der Waals surface area contributed by atoms with Crippen LogP contribution in [0.25, 0.3) is 22.8 Å². The highest BCUT2D eigenvalue weighted by Gasteiger charge is 2.11. The molecule has 1 heterocycles. The summed E-state index contributed by atoms with van der Waals surface area (Å²) in [5.74, 6) is 1.20. The van der Waals surface area contributed by atoms with Crippen LogP contribution in [-0.4, -0.2) is 33.8 Å². The molecule has 5 nitrogen and oxygen atoms in total. The molecule has 3 rings (SSSR count). The van der Waals surface area contributed by atoms with Crippen molar-refractivity contribution in [1.29, 1.82) is 0 Å². The first-order valence-corrected chi connectivity index (χ1v) is 8.18. The molecular formula is C18H18ClN3O2. The molecule has 0 aliphatic carbocycles. The van der Waals surface area contributed by atoms with E-state index in [0.717, 1.165) is 22.4 Å². The first kappa shape index (κ1) is 16.5. The molecule has 0 spiro atoms. The predicted octanol–water partition coefficient (Wildman–Crippen LogP) is 3.72. The zero-order valence-electron chi connectivity index (χ0n) is 13.2. The number of hydrogen-bond acceptors (Lipinski definition) is 5. The Labute approximate surface area is 145 Å². The maximum atomic E-state index is 9.52. The molecule has 2 N–H and O–H groups in total. The fourth-order valence-electron chi connectivity index (χ4n) is 2.29. The Morgan fingerprint density at radius 2 is 1.96 bits per heavy atom. The number of hydrogen-bond donors (Lipinski definition) is 2. The summed E-state index contributed by atoms with van der Waals surface area (Å²) in [6.45, 7) is 2.40. The lowest BCUT2D eigenvalue weighted by molar-refractivity contribution is 0.211. The van der Waals surface area contributed by atoms with E-state index in [1.54, 1.807) is 0 Å². The zero-order valence-corrected chi connectivity index (χ0v) is 14.0. The lowest BCUT2D eigenvalue weighted by atomic mass is 10.1. The van der Waals surface area contributed by atoms with Crippen LogP contribution < -0.4 is 5.32 Å². The smallest absolute Gasteiger partial charge is 0.258 e. The van der Waals surface area contributed by atoms with Gasteiger partial charge in [-0.1, -0.05) is 35.0 Å². The molecule has 124 valence electrons. The lowest BCUT2D eigenvalue weighted by Gasteiger charge is -2.10. The molecule has 0 aliphatic rings. The quantitative estimate of drug-likeness (QED) is 0.667. The van der Waals surface area contributed by atoms with Gasteiger partial charge in [0.2, 0.25) is 5.82 Å². The maximum absolute atomic E-state index is 9.52. The molecule has 1 aromatic heterocycles. The van der Waals surface area contributed by atoms with E-state index in [2.05, 4.69) is 15.5 Å². The first-order valence-electron chi connectivity index (χ1n) is 7.65. The van der Waals surface area contributed by atoms with Crippen LogP contribution in [0.3, 0.4) is 0 Å². The normalized spacial score (nSPS) is 12.1. The van der Waals surface area contributed by atoms with Crippen molar-refractivity contribution < 1.29 is 9.63 Å². The molecule has 0 saturated heterocycles. The van der Waals surface area contributed by atoms with Crippen molar-refractivity contribution in [1.82, 2.24) is 10.1 Å². The monoisotopic (exact) mass is 343 g/mol. The topological polar surface area (TPSA) is 71.2 Å². The van der Waals surface area contributed by atoms with Gasteiger partial charge in [-0.05, 0) is 31.2 Å². The fourth-order valence-corrected chi connectivity index (χ4v) is 2.40. The molecule has 0 fully saturated rings. The van der Waals surface area contributed by atoms with Crippen LogP contribution in [-0.2, 0) is 0 Å². The molecule has 0 amide bonds. The molecule has 0 bridgehead atoms. The maximum Gasteiger partial charge on any atom is 0.258 e. The third-order valence-corrected chi connectivity index (χ3v) is 3.89. The number of aromatic nitrogens is 2. The highest BCUT2D eigenvalue weighted by atomic mass is 35.5. The van der Waals surface area contributed by atoms with Gasteiger partial charge in [-0.15, -0.1) is 11.6 Å². The minimum atomic E-state index is -0.591. The van der Waals surface area contributed by atoms with Crippen molar-refractivity contribution >= 4 is 17.3 Å². The van der Waals surface area contributed by atoms with Crippen LogP contribution in [0.5, 0.6) is 0 Å². The van der Waals surface area contributed by atoms with Gasteiger partial charge in [-0.3, -0.25) is 0 Å². The largest absolute Gasteiger partial charge is 0.390 e. The summed E-state index contributed by atoms with van der Waals surface area (Å²) >= 11 is 5.59. The van der Waals surface area contributed by atoms with Crippen molar-refractivity contribution in [3.63, 3.8) is 0 Å². The summed E-state index contributed by atoms with van der Waals surface area (Å²) < 4.78 is 5.39. The molecule has 1 unspecified atom stereocenters. The Bertz CT molecular complexity index is 819. The summed E-state index contributed by atoms with van der Waals surface area (Å²) in [4.78, 5) is 4.47. The SMILES string of the molecule is Cc1cccc(-c2noc(-c3cccc(NCC(O)CCl)c3)n2)c1. The van der Waals surface area contributed by atoms with E-state index in [1.807, 2.05) is 55.5 Å². The molecule has 2 aromatic carbocycles. The number of nitrogens with zero attached hydrogens (tertiary/aromatic N) is 2. The molecule has 1 atom stereocenters. The van der Waals surface area contributed by atoms with Gasteiger partial charge < -0.3 is 14.9 Å². The molecular weight excluding hydrogens is 326 g/mol. The summed E-state index contributed by atoms with van der Waals surface area (Å²) in [5, 5.41) is 16.7. The number of alkyl halides is 1. The van der Waals surface area contributed by atoms with Gasteiger partial charge in [0.15, 0.2) is 0 Å². The predicted molar refractivity (Wildman–Crippen MR) is 95.1 cm³/mol. The molecule has 6 heteroatoms. The number of aryl methyl sites for hydroxylation is 1. The summed E-state index contributed by atoms with van der Waals surface area (Å²) in [5.41, 5.74) is 3.73. The number of rotatable bonds is 6. The van der Waals surface area contributed by atoms with E-state index in [9.17, 15) is 5.11 Å². The zero-order chi connectivity index (χ0) is 16.9. The van der Waals surface area contributed by atoms with E-state index in [-0.39, 0.29) is 5.88 Å². The third kappa shape index (κ3) is 3.93. The van der Waals surface area contributed by atoms with E-state index in [4.69, 9.17) is 16.1 Å². The molecule has 0 radical (unpaired) electrons. The van der Waals surface area contributed by atoms with E-state index in [1.165, 1.54) is 0 Å². The van der Waals surface area contributed by atoms with Gasteiger partial charge in [0.25, 0.3) is 5.89 Å². The van der Waals surface area contributed by atoms with E-state index in [0.29, 0.717) is 18.3 Å². The first-order chi connectivity index (χ1) is 11.7. The second kappa shape index (κ2) is 7.47. The number of benzene rings is 2. The number of anilines is 1. The van der Waals surface area contributed by atoms with Crippen molar-refractivity contribution in [2.24, 2.45) is 0 Å². The van der Waals surface area contributed by atoms with Crippen molar-refractivity contribution in [3.05, 3.63) is 54.1 Å². The summed E-state index contributed by atoms with van der Waals surface area (Å²) in [7, 11) is 0. The van der Waals surface area contributed by atoms with Crippen molar-refractivity contribution in [2.75, 3.05) is 17.7 Å². The average Bonchev–Trinajstić information content (AvgIpc) is 3.10. The Morgan fingerprint density at radius 1 is 1.17 bits per heavy atom. The van der Waals surface area contributed by atoms with Gasteiger partial charge in [0.05, 0.1) is 12.0 Å². The standard InChI is InChI=1S/C18H18ClN3O2/c1-12-4-2-5-13(8-12)17-21-18(24-22-17)14-6-3-7-15(9-14)20-11-16(23)10-19/h2-9,16,20,23H,10-11H2,1H3. The lowest BCUT2D eigenvalue weighted by Crippen LogP contribution is -2.20. The van der Waals surface area contributed by atoms with Crippen LogP contribution >= 0.6 is 11.6 Å². The van der Waals surface area contributed by atoms with E-state index < -0.39 is 6.10 Å². The second-order valence-corrected chi connectivity index (χ2v) is 5.87. The Balaban J connectivity index is 1.80. The van der Waals surface area contributed by atoms with Crippen LogP contribution in [0.4, 0.5) is 5.69 Å². The van der Waals surface area contributed by atoms with Crippen LogP contribution in [0.1, 0.15) is 5.56 Å². The van der Waals surface area contributed by atoms with Gasteiger partial charge >= 0.3 is 0 Å². The van der Waals surface area contributed by atoms with Gasteiger partial charge in [-0.25, -0.2) is 0 Å². The van der Waals surface area contributed by atoms with Gasteiger partial charge in [0.1, 0.15) is 0 Å². The van der Waals surface area contributed by atoms with Crippen LogP contribution in [0.15, 0.2) is 53.1 Å². The molecule has 3 aromatic rings. The molecule has 24 heavy (non-hydrogen) atoms. The summed E-state index contributed by atoms with van der Waals surface area (Å²) in [6, 6.07) is 15.5. The minimum absolute atomic E-state index is 0.191. The molecule has 0 saturated carbocycles. The van der Waals surface area contributed by atoms with Gasteiger partial charge in [0, 0.05) is 23.4 Å².